The third-order valence-corrected chi connectivity index (χ3v) is 3.44. The van der Waals surface area contributed by atoms with Gasteiger partial charge in [0.2, 0.25) is 0 Å². The molecule has 2 aromatic rings. The fraction of sp³-hybridized carbons (Fsp3) is 0.357. The highest BCUT2D eigenvalue weighted by atomic mass is 19.1. The van der Waals surface area contributed by atoms with E-state index in [-0.39, 0.29) is 5.82 Å². The summed E-state index contributed by atoms with van der Waals surface area (Å²) < 4.78 is 15.8. The van der Waals surface area contributed by atoms with Crippen molar-refractivity contribution in [3.63, 3.8) is 0 Å². The summed E-state index contributed by atoms with van der Waals surface area (Å²) in [6.45, 7) is 2.05. The molecule has 0 aliphatic carbocycles. The zero-order chi connectivity index (χ0) is 12.4. The molecule has 0 bridgehead atoms. The number of benzene rings is 1. The summed E-state index contributed by atoms with van der Waals surface area (Å²) in [4.78, 5) is 4.32. The molecule has 1 aromatic carbocycles. The summed E-state index contributed by atoms with van der Waals surface area (Å²) in [7, 11) is 0. The molecule has 0 spiro atoms. The largest absolute Gasteiger partial charge is 0.332 e. The predicted molar refractivity (Wildman–Crippen MR) is 68.8 cm³/mol. The summed E-state index contributed by atoms with van der Waals surface area (Å²) in [5.41, 5.74) is 1.28. The molecule has 1 aromatic heterocycles. The highest BCUT2D eigenvalue weighted by molar-refractivity contribution is 5.58. The standard InChI is InChI=1S/C14H16FN3/c15-13-6-2-1-5-12(13)14-9-18(10-17-14)11-4-3-7-16-8-11/h1-2,5-6,9-11,16H,3-4,7-8H2. The molecule has 1 N–H and O–H groups in total. The number of hydrogen-bond acceptors (Lipinski definition) is 2. The summed E-state index contributed by atoms with van der Waals surface area (Å²) >= 11 is 0. The van der Waals surface area contributed by atoms with Crippen LogP contribution in [0.5, 0.6) is 0 Å². The molecular formula is C14H16FN3. The fourth-order valence-corrected chi connectivity index (χ4v) is 2.43. The molecule has 1 fully saturated rings. The molecular weight excluding hydrogens is 229 g/mol. The van der Waals surface area contributed by atoms with Crippen LogP contribution in [0.4, 0.5) is 4.39 Å². The first-order valence-corrected chi connectivity index (χ1v) is 6.34. The van der Waals surface area contributed by atoms with Gasteiger partial charge in [0, 0.05) is 24.3 Å². The van der Waals surface area contributed by atoms with E-state index in [2.05, 4.69) is 14.9 Å². The molecule has 1 unspecified atom stereocenters. The molecule has 1 atom stereocenters. The Morgan fingerprint density at radius 2 is 2.22 bits per heavy atom. The minimum atomic E-state index is -0.218. The molecule has 1 aliphatic rings. The van der Waals surface area contributed by atoms with Crippen LogP contribution in [0.1, 0.15) is 18.9 Å². The van der Waals surface area contributed by atoms with Gasteiger partial charge in [0.05, 0.1) is 12.0 Å². The van der Waals surface area contributed by atoms with E-state index in [4.69, 9.17) is 0 Å². The molecule has 4 heteroatoms. The SMILES string of the molecule is Fc1ccccc1-c1cn(C2CCCNC2)cn1. The van der Waals surface area contributed by atoms with Gasteiger partial charge in [0.1, 0.15) is 5.82 Å². The van der Waals surface area contributed by atoms with E-state index in [1.807, 2.05) is 12.3 Å². The lowest BCUT2D eigenvalue weighted by Gasteiger charge is -2.23. The second-order valence-corrected chi connectivity index (χ2v) is 4.69. The quantitative estimate of drug-likeness (QED) is 0.881. The van der Waals surface area contributed by atoms with E-state index >= 15 is 0 Å². The van der Waals surface area contributed by atoms with Crippen LogP contribution in [0.3, 0.4) is 0 Å². The maximum Gasteiger partial charge on any atom is 0.132 e. The molecule has 1 saturated heterocycles. The molecule has 2 heterocycles. The number of aromatic nitrogens is 2. The zero-order valence-electron chi connectivity index (χ0n) is 10.1. The van der Waals surface area contributed by atoms with Gasteiger partial charge in [-0.2, -0.15) is 0 Å². The first-order chi connectivity index (χ1) is 8.84. The van der Waals surface area contributed by atoms with Crippen LogP contribution in [0, 0.1) is 5.82 Å². The number of nitrogens with zero attached hydrogens (tertiary/aromatic N) is 2. The molecule has 18 heavy (non-hydrogen) atoms. The first kappa shape index (κ1) is 11.4. The van der Waals surface area contributed by atoms with Crippen LogP contribution in [-0.2, 0) is 0 Å². The number of nitrogens with one attached hydrogen (secondary N) is 1. The van der Waals surface area contributed by atoms with Crippen molar-refractivity contribution in [2.45, 2.75) is 18.9 Å². The maximum absolute atomic E-state index is 13.7. The molecule has 94 valence electrons. The van der Waals surface area contributed by atoms with Gasteiger partial charge in [-0.3, -0.25) is 0 Å². The lowest BCUT2D eigenvalue weighted by Crippen LogP contribution is -2.31. The topological polar surface area (TPSA) is 29.9 Å². The minimum absolute atomic E-state index is 0.218. The Bertz CT molecular complexity index is 529. The smallest absolute Gasteiger partial charge is 0.132 e. The number of halogens is 1. The van der Waals surface area contributed by atoms with Crippen molar-refractivity contribution >= 4 is 0 Å². The van der Waals surface area contributed by atoms with Crippen molar-refractivity contribution in [1.82, 2.24) is 14.9 Å². The van der Waals surface area contributed by atoms with E-state index in [9.17, 15) is 4.39 Å². The highest BCUT2D eigenvalue weighted by Gasteiger charge is 2.16. The Kier molecular flexibility index (Phi) is 3.11. The monoisotopic (exact) mass is 245 g/mol. The van der Waals surface area contributed by atoms with Crippen LogP contribution < -0.4 is 5.32 Å². The summed E-state index contributed by atoms with van der Waals surface area (Å²) in [5.74, 6) is -0.218. The van der Waals surface area contributed by atoms with E-state index in [0.29, 0.717) is 17.3 Å². The number of imidazole rings is 1. The van der Waals surface area contributed by atoms with Gasteiger partial charge in [-0.1, -0.05) is 12.1 Å². The van der Waals surface area contributed by atoms with E-state index in [1.54, 1.807) is 18.5 Å². The Hall–Kier alpha value is -1.68. The fourth-order valence-electron chi connectivity index (χ4n) is 2.43. The van der Waals surface area contributed by atoms with Crippen LogP contribution in [0.15, 0.2) is 36.8 Å². The molecule has 3 rings (SSSR count). The van der Waals surface area contributed by atoms with Gasteiger partial charge in [-0.15, -0.1) is 0 Å². The first-order valence-electron chi connectivity index (χ1n) is 6.34. The lowest BCUT2D eigenvalue weighted by molar-refractivity contribution is 0.371. The Labute approximate surface area is 106 Å². The maximum atomic E-state index is 13.7. The second kappa shape index (κ2) is 4.90. The third-order valence-electron chi connectivity index (χ3n) is 3.44. The Morgan fingerprint density at radius 1 is 1.33 bits per heavy atom. The summed E-state index contributed by atoms with van der Waals surface area (Å²) in [5, 5.41) is 3.37. The average Bonchev–Trinajstić information content (AvgIpc) is 2.90. The van der Waals surface area contributed by atoms with Gasteiger partial charge in [0.25, 0.3) is 0 Å². The number of rotatable bonds is 2. The zero-order valence-corrected chi connectivity index (χ0v) is 10.1. The number of piperidine rings is 1. The highest BCUT2D eigenvalue weighted by Crippen LogP contribution is 2.23. The van der Waals surface area contributed by atoms with Gasteiger partial charge >= 0.3 is 0 Å². The van der Waals surface area contributed by atoms with Crippen LogP contribution in [0.25, 0.3) is 11.3 Å². The van der Waals surface area contributed by atoms with Crippen molar-refractivity contribution in [2.24, 2.45) is 0 Å². The van der Waals surface area contributed by atoms with E-state index in [1.165, 1.54) is 12.5 Å². The average molecular weight is 245 g/mol. The van der Waals surface area contributed by atoms with E-state index in [0.717, 1.165) is 19.5 Å². The summed E-state index contributed by atoms with van der Waals surface area (Å²) in [6, 6.07) is 7.20. The van der Waals surface area contributed by atoms with Gasteiger partial charge < -0.3 is 9.88 Å². The number of hydrogen-bond donors (Lipinski definition) is 1. The van der Waals surface area contributed by atoms with Crippen molar-refractivity contribution in [1.29, 1.82) is 0 Å². The van der Waals surface area contributed by atoms with Crippen LogP contribution >= 0.6 is 0 Å². The predicted octanol–water partition coefficient (Wildman–Crippen LogP) is 2.61. The van der Waals surface area contributed by atoms with Crippen molar-refractivity contribution < 1.29 is 4.39 Å². The molecule has 0 saturated carbocycles. The van der Waals surface area contributed by atoms with Crippen molar-refractivity contribution in [3.8, 4) is 11.3 Å². The lowest BCUT2D eigenvalue weighted by atomic mass is 10.1. The molecule has 0 amide bonds. The van der Waals surface area contributed by atoms with Crippen molar-refractivity contribution in [2.75, 3.05) is 13.1 Å². The second-order valence-electron chi connectivity index (χ2n) is 4.69. The van der Waals surface area contributed by atoms with Gasteiger partial charge in [-0.25, -0.2) is 9.37 Å². The minimum Gasteiger partial charge on any atom is -0.332 e. The molecule has 3 nitrogen and oxygen atoms in total. The summed E-state index contributed by atoms with van der Waals surface area (Å²) in [6.07, 6.45) is 6.08. The molecule has 1 aliphatic heterocycles. The normalized spacial score (nSPS) is 19.9. The Morgan fingerprint density at radius 3 is 3.00 bits per heavy atom. The van der Waals surface area contributed by atoms with E-state index < -0.39 is 0 Å². The Balaban J connectivity index is 1.87. The van der Waals surface area contributed by atoms with Crippen molar-refractivity contribution in [3.05, 3.63) is 42.6 Å². The van der Waals surface area contributed by atoms with Gasteiger partial charge in [0.15, 0.2) is 0 Å². The molecule has 0 radical (unpaired) electrons. The van der Waals surface area contributed by atoms with Gasteiger partial charge in [-0.05, 0) is 31.5 Å². The van der Waals surface area contributed by atoms with Crippen LogP contribution in [0.2, 0.25) is 0 Å². The van der Waals surface area contributed by atoms with Crippen LogP contribution in [-0.4, -0.2) is 22.6 Å². The third kappa shape index (κ3) is 2.16.